The minimum atomic E-state index is -2.46. The van der Waals surface area contributed by atoms with Crippen molar-refractivity contribution in [2.45, 2.75) is 115 Å². The minimum absolute atomic E-state index is 0.579. The highest BCUT2D eigenvalue weighted by atomic mass is 32.2. The number of unbranched alkanes of at least 4 members (excludes halogenated alkanes) is 8. The second-order valence-corrected chi connectivity index (χ2v) is 23.9. The second kappa shape index (κ2) is 18.0. The number of hydrogen-bond donors (Lipinski definition) is 0. The molecule has 9 heteroatoms. The van der Waals surface area contributed by atoms with Crippen LogP contribution >= 0.6 is 0 Å². The van der Waals surface area contributed by atoms with Crippen LogP contribution in [-0.2, 0) is 28.2 Å². The highest BCUT2D eigenvalue weighted by Crippen LogP contribution is 2.27. The van der Waals surface area contributed by atoms with E-state index in [2.05, 4.69) is 26.2 Å². The normalized spacial score (nSPS) is 14.1. The van der Waals surface area contributed by atoms with Gasteiger partial charge in [-0.15, -0.1) is 0 Å². The van der Waals surface area contributed by atoms with Gasteiger partial charge in [-0.05, 0) is 51.1 Å². The Labute approximate surface area is 205 Å². The van der Waals surface area contributed by atoms with Gasteiger partial charge in [0.15, 0.2) is 16.6 Å². The van der Waals surface area contributed by atoms with Crippen LogP contribution in [-0.4, -0.2) is 62.5 Å². The van der Waals surface area contributed by atoms with Crippen molar-refractivity contribution in [1.82, 2.24) is 0 Å². The van der Waals surface area contributed by atoms with E-state index in [9.17, 15) is 4.21 Å². The minimum Gasteiger partial charge on any atom is -0.455 e. The zero-order chi connectivity index (χ0) is 24.5. The maximum Gasteiger partial charge on any atom is 0.500 e. The molecule has 0 aromatic carbocycles. The first-order valence-corrected chi connectivity index (χ1v) is 22.4. The van der Waals surface area contributed by atoms with Gasteiger partial charge in [0.05, 0.1) is 0 Å². The first-order valence-electron chi connectivity index (χ1n) is 12.8. The summed E-state index contributed by atoms with van der Waals surface area (Å²) in [5, 5.41) is 0. The van der Waals surface area contributed by atoms with Gasteiger partial charge >= 0.3 is 8.80 Å². The molecule has 194 valence electrons. The monoisotopic (exact) mass is 526 g/mol. The van der Waals surface area contributed by atoms with Crippen LogP contribution in [0.5, 0.6) is 0 Å². The Bertz CT molecular complexity index is 480. The Kier molecular flexibility index (Phi) is 18.3. The van der Waals surface area contributed by atoms with E-state index in [4.69, 9.17) is 17.4 Å². The molecule has 0 spiro atoms. The van der Waals surface area contributed by atoms with Gasteiger partial charge in [-0.3, -0.25) is 4.21 Å². The van der Waals surface area contributed by atoms with Gasteiger partial charge < -0.3 is 17.4 Å². The van der Waals surface area contributed by atoms with Crippen molar-refractivity contribution in [2.24, 2.45) is 0 Å². The maximum atomic E-state index is 11.4. The van der Waals surface area contributed by atoms with E-state index in [1.807, 2.05) is 6.92 Å². The van der Waals surface area contributed by atoms with Crippen molar-refractivity contribution in [3.05, 3.63) is 0 Å². The summed E-state index contributed by atoms with van der Waals surface area (Å²) in [6.45, 7) is 11.5. The fourth-order valence-electron chi connectivity index (χ4n) is 4.33. The van der Waals surface area contributed by atoms with E-state index in [-0.39, 0.29) is 0 Å². The lowest BCUT2D eigenvalue weighted by atomic mass is 10.1. The predicted molar refractivity (Wildman–Crippen MR) is 147 cm³/mol. The van der Waals surface area contributed by atoms with Crippen LogP contribution in [0.25, 0.3) is 0 Å². The first-order chi connectivity index (χ1) is 15.1. The molecule has 0 aromatic rings. The summed E-state index contributed by atoms with van der Waals surface area (Å²) in [6.07, 6.45) is 12.8. The van der Waals surface area contributed by atoms with Gasteiger partial charge in [-0.1, -0.05) is 58.3 Å². The van der Waals surface area contributed by atoms with Gasteiger partial charge in [0.1, 0.15) is 0 Å². The molecule has 0 aliphatic heterocycles. The molecule has 0 heterocycles. The SMILES string of the molecule is CCS(=O)CCCCCCCCCCC[Si](C)(C)O[Si](C)(C)CCC[Si](OC)(OC)OC. The van der Waals surface area contributed by atoms with E-state index in [1.54, 1.807) is 21.3 Å². The van der Waals surface area contributed by atoms with E-state index in [1.165, 1.54) is 57.4 Å². The van der Waals surface area contributed by atoms with E-state index >= 15 is 0 Å². The predicted octanol–water partition coefficient (Wildman–Crippen LogP) is 6.96. The van der Waals surface area contributed by atoms with Crippen molar-refractivity contribution in [1.29, 1.82) is 0 Å². The molecular formula is C23H54O5SSi3. The standard InChI is InChI=1S/C23H54O5SSi3/c1-9-29(24)20-17-15-13-11-10-12-14-16-18-21-30(5,6)28-31(7,8)22-19-23-32(25-2,26-3)27-4/h9-23H2,1-8H3. The molecule has 0 saturated heterocycles. The summed E-state index contributed by atoms with van der Waals surface area (Å²) < 4.78 is 34.9. The summed E-state index contributed by atoms with van der Waals surface area (Å²) in [5.41, 5.74) is 0. The Balaban J connectivity index is 3.91. The zero-order valence-electron chi connectivity index (χ0n) is 22.6. The van der Waals surface area contributed by atoms with Crippen molar-refractivity contribution in [3.63, 3.8) is 0 Å². The van der Waals surface area contributed by atoms with Crippen LogP contribution < -0.4 is 0 Å². The van der Waals surface area contributed by atoms with Crippen molar-refractivity contribution in [3.8, 4) is 0 Å². The maximum absolute atomic E-state index is 11.4. The quantitative estimate of drug-likeness (QED) is 0.113. The van der Waals surface area contributed by atoms with E-state index < -0.39 is 36.2 Å². The van der Waals surface area contributed by atoms with Crippen molar-refractivity contribution in [2.75, 3.05) is 32.8 Å². The molecule has 0 radical (unpaired) electrons. The van der Waals surface area contributed by atoms with Crippen molar-refractivity contribution >= 4 is 36.2 Å². The Hall–Kier alpha value is 0.641. The van der Waals surface area contributed by atoms with Crippen LogP contribution in [0.15, 0.2) is 0 Å². The van der Waals surface area contributed by atoms with Crippen LogP contribution in [0.1, 0.15) is 71.1 Å². The summed E-state index contributed by atoms with van der Waals surface area (Å²) in [6, 6.07) is 3.25. The third kappa shape index (κ3) is 16.3. The second-order valence-electron chi connectivity index (χ2n) is 10.1. The van der Waals surface area contributed by atoms with Crippen LogP contribution in [0.4, 0.5) is 0 Å². The Morgan fingerprint density at radius 3 is 1.44 bits per heavy atom. The molecule has 5 nitrogen and oxygen atoms in total. The van der Waals surface area contributed by atoms with Gasteiger partial charge in [-0.25, -0.2) is 0 Å². The number of rotatable bonds is 22. The van der Waals surface area contributed by atoms with Gasteiger partial charge in [-0.2, -0.15) is 0 Å². The third-order valence-electron chi connectivity index (χ3n) is 6.22. The fourth-order valence-corrected chi connectivity index (χ4v) is 16.2. The van der Waals surface area contributed by atoms with Crippen LogP contribution in [0, 0.1) is 0 Å². The van der Waals surface area contributed by atoms with Gasteiger partial charge in [0, 0.05) is 49.7 Å². The highest BCUT2D eigenvalue weighted by Gasteiger charge is 2.39. The van der Waals surface area contributed by atoms with Gasteiger partial charge in [0.25, 0.3) is 0 Å². The summed E-state index contributed by atoms with van der Waals surface area (Å²) in [7, 11) is -1.27. The summed E-state index contributed by atoms with van der Waals surface area (Å²) >= 11 is 0. The molecule has 0 aromatic heterocycles. The number of hydrogen-bond acceptors (Lipinski definition) is 5. The average molecular weight is 527 g/mol. The molecular weight excluding hydrogens is 473 g/mol. The molecule has 0 fully saturated rings. The lowest BCUT2D eigenvalue weighted by Gasteiger charge is -2.35. The molecule has 0 rings (SSSR count). The lowest BCUT2D eigenvalue weighted by Crippen LogP contribution is -2.45. The average Bonchev–Trinajstić information content (AvgIpc) is 2.74. The molecule has 0 saturated carbocycles. The van der Waals surface area contributed by atoms with Crippen LogP contribution in [0.3, 0.4) is 0 Å². The summed E-state index contributed by atoms with van der Waals surface area (Å²) in [4.78, 5) is 0. The first kappa shape index (κ1) is 32.6. The third-order valence-corrected chi connectivity index (χ3v) is 18.0. The lowest BCUT2D eigenvalue weighted by molar-refractivity contribution is 0.123. The molecule has 0 N–H and O–H groups in total. The molecule has 1 unspecified atom stereocenters. The fraction of sp³-hybridized carbons (Fsp3) is 1.00. The Morgan fingerprint density at radius 1 is 0.594 bits per heavy atom. The summed E-state index contributed by atoms with van der Waals surface area (Å²) in [5.74, 6) is 1.71. The van der Waals surface area contributed by atoms with Gasteiger partial charge in [0.2, 0.25) is 0 Å². The smallest absolute Gasteiger partial charge is 0.455 e. The molecule has 0 amide bonds. The molecule has 0 aliphatic rings. The van der Waals surface area contributed by atoms with E-state index in [0.717, 1.165) is 36.4 Å². The largest absolute Gasteiger partial charge is 0.500 e. The molecule has 0 bridgehead atoms. The van der Waals surface area contributed by atoms with E-state index in [0.29, 0.717) is 0 Å². The van der Waals surface area contributed by atoms with Crippen LogP contribution in [0.2, 0.25) is 44.3 Å². The highest BCUT2D eigenvalue weighted by molar-refractivity contribution is 7.84. The molecule has 32 heavy (non-hydrogen) atoms. The van der Waals surface area contributed by atoms with Crippen molar-refractivity contribution < 1.29 is 21.6 Å². The topological polar surface area (TPSA) is 54.0 Å². The Morgan fingerprint density at radius 2 is 1.00 bits per heavy atom. The molecule has 0 aliphatic carbocycles. The zero-order valence-corrected chi connectivity index (χ0v) is 26.4. The molecule has 1 atom stereocenters.